The SMILES string of the molecule is CCC(C)N1CCC(CON)C1. The van der Waals surface area contributed by atoms with Crippen molar-refractivity contribution in [2.24, 2.45) is 11.8 Å². The van der Waals surface area contributed by atoms with Crippen molar-refractivity contribution in [3.8, 4) is 0 Å². The highest BCUT2D eigenvalue weighted by Crippen LogP contribution is 2.19. The number of nitrogens with two attached hydrogens (primary N) is 1. The minimum Gasteiger partial charge on any atom is -0.304 e. The molecule has 72 valence electrons. The standard InChI is InChI=1S/C9H20N2O/c1-3-8(2)11-5-4-9(6-11)7-12-10/h8-9H,3-7,10H2,1-2H3. The number of hydrogen-bond acceptors (Lipinski definition) is 3. The van der Waals surface area contributed by atoms with Gasteiger partial charge in [-0.15, -0.1) is 0 Å². The third kappa shape index (κ3) is 2.44. The van der Waals surface area contributed by atoms with Crippen LogP contribution in [-0.2, 0) is 4.84 Å². The second-order valence-electron chi connectivity index (χ2n) is 3.74. The molecule has 0 bridgehead atoms. The van der Waals surface area contributed by atoms with Crippen LogP contribution in [-0.4, -0.2) is 30.6 Å². The average molecular weight is 172 g/mol. The Morgan fingerprint density at radius 2 is 2.42 bits per heavy atom. The summed E-state index contributed by atoms with van der Waals surface area (Å²) < 4.78 is 0. The maximum Gasteiger partial charge on any atom is 0.0720 e. The summed E-state index contributed by atoms with van der Waals surface area (Å²) in [5.41, 5.74) is 0. The van der Waals surface area contributed by atoms with Crippen molar-refractivity contribution in [3.05, 3.63) is 0 Å². The summed E-state index contributed by atoms with van der Waals surface area (Å²) in [6, 6.07) is 0.716. The number of hydrogen-bond donors (Lipinski definition) is 1. The molecule has 1 heterocycles. The summed E-state index contributed by atoms with van der Waals surface area (Å²) >= 11 is 0. The molecule has 0 saturated carbocycles. The van der Waals surface area contributed by atoms with Crippen molar-refractivity contribution >= 4 is 0 Å². The lowest BCUT2D eigenvalue weighted by Crippen LogP contribution is -2.30. The second kappa shape index (κ2) is 4.80. The van der Waals surface area contributed by atoms with Crippen molar-refractivity contribution < 1.29 is 4.84 Å². The van der Waals surface area contributed by atoms with Crippen LogP contribution in [0, 0.1) is 5.92 Å². The third-order valence-corrected chi connectivity index (χ3v) is 2.86. The Bertz CT molecular complexity index is 130. The highest BCUT2D eigenvalue weighted by atomic mass is 16.6. The van der Waals surface area contributed by atoms with Crippen molar-refractivity contribution in [3.63, 3.8) is 0 Å². The van der Waals surface area contributed by atoms with Crippen LogP contribution in [0.3, 0.4) is 0 Å². The minimum absolute atomic E-state index is 0.656. The number of nitrogens with zero attached hydrogens (tertiary/aromatic N) is 1. The quantitative estimate of drug-likeness (QED) is 0.643. The van der Waals surface area contributed by atoms with Gasteiger partial charge in [0.25, 0.3) is 0 Å². The van der Waals surface area contributed by atoms with E-state index in [9.17, 15) is 0 Å². The molecule has 0 aromatic rings. The van der Waals surface area contributed by atoms with Crippen LogP contribution in [0.1, 0.15) is 26.7 Å². The normalized spacial score (nSPS) is 27.8. The Balaban J connectivity index is 2.25. The lowest BCUT2D eigenvalue weighted by Gasteiger charge is -2.22. The van der Waals surface area contributed by atoms with E-state index in [0.29, 0.717) is 18.6 Å². The van der Waals surface area contributed by atoms with Crippen molar-refractivity contribution in [1.29, 1.82) is 0 Å². The topological polar surface area (TPSA) is 38.5 Å². The number of rotatable bonds is 4. The molecule has 1 saturated heterocycles. The van der Waals surface area contributed by atoms with E-state index in [4.69, 9.17) is 5.90 Å². The van der Waals surface area contributed by atoms with Crippen molar-refractivity contribution in [2.75, 3.05) is 19.7 Å². The summed E-state index contributed by atoms with van der Waals surface area (Å²) in [5, 5.41) is 0. The molecule has 0 aromatic heterocycles. The Morgan fingerprint density at radius 3 is 3.00 bits per heavy atom. The maximum absolute atomic E-state index is 5.04. The van der Waals surface area contributed by atoms with Gasteiger partial charge in [-0.25, -0.2) is 5.90 Å². The first-order chi connectivity index (χ1) is 5.77. The molecule has 1 aliphatic heterocycles. The fourth-order valence-corrected chi connectivity index (χ4v) is 1.79. The van der Waals surface area contributed by atoms with Gasteiger partial charge in [-0.05, 0) is 32.2 Å². The van der Waals surface area contributed by atoms with Crippen LogP contribution in [0.25, 0.3) is 0 Å². The van der Waals surface area contributed by atoms with E-state index in [-0.39, 0.29) is 0 Å². The second-order valence-corrected chi connectivity index (χ2v) is 3.74. The molecule has 0 aromatic carbocycles. The molecule has 2 unspecified atom stereocenters. The fourth-order valence-electron chi connectivity index (χ4n) is 1.79. The average Bonchev–Trinajstić information content (AvgIpc) is 2.52. The van der Waals surface area contributed by atoms with Gasteiger partial charge in [0.2, 0.25) is 0 Å². The summed E-state index contributed by atoms with van der Waals surface area (Å²) in [6.45, 7) is 7.60. The van der Waals surface area contributed by atoms with Crippen LogP contribution in [0.5, 0.6) is 0 Å². The Labute approximate surface area is 74.8 Å². The van der Waals surface area contributed by atoms with Crippen molar-refractivity contribution in [2.45, 2.75) is 32.7 Å². The van der Waals surface area contributed by atoms with E-state index in [2.05, 4.69) is 23.6 Å². The predicted octanol–water partition coefficient (Wildman–Crippen LogP) is 0.997. The molecular formula is C9H20N2O. The first kappa shape index (κ1) is 9.96. The van der Waals surface area contributed by atoms with Crippen LogP contribution in [0.2, 0.25) is 0 Å². The molecule has 1 fully saturated rings. The van der Waals surface area contributed by atoms with Crippen LogP contribution < -0.4 is 5.90 Å². The minimum atomic E-state index is 0.656. The molecular weight excluding hydrogens is 152 g/mol. The summed E-state index contributed by atoms with van der Waals surface area (Å²) in [5.74, 6) is 5.70. The zero-order chi connectivity index (χ0) is 8.97. The van der Waals surface area contributed by atoms with E-state index in [0.717, 1.165) is 6.54 Å². The molecule has 2 N–H and O–H groups in total. The van der Waals surface area contributed by atoms with E-state index in [1.807, 2.05) is 0 Å². The van der Waals surface area contributed by atoms with Crippen LogP contribution >= 0.6 is 0 Å². The molecule has 1 aliphatic rings. The summed E-state index contributed by atoms with van der Waals surface area (Å²) in [7, 11) is 0. The van der Waals surface area contributed by atoms with Gasteiger partial charge in [-0.2, -0.15) is 0 Å². The highest BCUT2D eigenvalue weighted by molar-refractivity contribution is 4.78. The van der Waals surface area contributed by atoms with E-state index < -0.39 is 0 Å². The van der Waals surface area contributed by atoms with Gasteiger partial charge in [-0.3, -0.25) is 0 Å². The zero-order valence-corrected chi connectivity index (χ0v) is 8.12. The van der Waals surface area contributed by atoms with Gasteiger partial charge in [0.05, 0.1) is 6.61 Å². The number of likely N-dealkylation sites (tertiary alicyclic amines) is 1. The third-order valence-electron chi connectivity index (χ3n) is 2.86. The van der Waals surface area contributed by atoms with E-state index in [1.54, 1.807) is 0 Å². The molecule has 3 nitrogen and oxygen atoms in total. The summed E-state index contributed by atoms with van der Waals surface area (Å²) in [6.07, 6.45) is 2.47. The predicted molar refractivity (Wildman–Crippen MR) is 49.6 cm³/mol. The first-order valence-electron chi connectivity index (χ1n) is 4.83. The molecule has 2 atom stereocenters. The van der Waals surface area contributed by atoms with Gasteiger partial charge in [0, 0.05) is 12.6 Å². The van der Waals surface area contributed by atoms with Crippen molar-refractivity contribution in [1.82, 2.24) is 4.90 Å². The van der Waals surface area contributed by atoms with Gasteiger partial charge >= 0.3 is 0 Å². The molecule has 3 heteroatoms. The molecule has 0 radical (unpaired) electrons. The highest BCUT2D eigenvalue weighted by Gasteiger charge is 2.24. The lowest BCUT2D eigenvalue weighted by atomic mass is 10.1. The molecule has 12 heavy (non-hydrogen) atoms. The van der Waals surface area contributed by atoms with E-state index in [1.165, 1.54) is 19.4 Å². The molecule has 1 rings (SSSR count). The Hall–Kier alpha value is -0.120. The Kier molecular flexibility index (Phi) is 3.98. The molecule has 0 aliphatic carbocycles. The van der Waals surface area contributed by atoms with Crippen LogP contribution in [0.15, 0.2) is 0 Å². The first-order valence-corrected chi connectivity index (χ1v) is 4.83. The van der Waals surface area contributed by atoms with Gasteiger partial charge in [0.15, 0.2) is 0 Å². The van der Waals surface area contributed by atoms with Gasteiger partial charge in [-0.1, -0.05) is 6.92 Å². The molecule has 0 spiro atoms. The van der Waals surface area contributed by atoms with Crippen LogP contribution in [0.4, 0.5) is 0 Å². The van der Waals surface area contributed by atoms with Gasteiger partial charge < -0.3 is 9.74 Å². The lowest BCUT2D eigenvalue weighted by molar-refractivity contribution is 0.101. The van der Waals surface area contributed by atoms with E-state index >= 15 is 0 Å². The maximum atomic E-state index is 5.04. The Morgan fingerprint density at radius 1 is 1.67 bits per heavy atom. The zero-order valence-electron chi connectivity index (χ0n) is 8.12. The van der Waals surface area contributed by atoms with Gasteiger partial charge in [0.1, 0.15) is 0 Å². The smallest absolute Gasteiger partial charge is 0.0720 e. The summed E-state index contributed by atoms with van der Waals surface area (Å²) in [4.78, 5) is 7.18. The fraction of sp³-hybridized carbons (Fsp3) is 1.00. The molecule has 0 amide bonds. The monoisotopic (exact) mass is 172 g/mol. The largest absolute Gasteiger partial charge is 0.304 e.